The van der Waals surface area contributed by atoms with Gasteiger partial charge >= 0.3 is 0 Å². The summed E-state index contributed by atoms with van der Waals surface area (Å²) in [5, 5.41) is 10.9. The van der Waals surface area contributed by atoms with Crippen LogP contribution in [0.5, 0.6) is 0 Å². The maximum atomic E-state index is 10.9. The maximum absolute atomic E-state index is 10.9. The molecule has 0 saturated heterocycles. The highest BCUT2D eigenvalue weighted by Crippen LogP contribution is 2.29. The molecule has 0 radical (unpaired) electrons. The third kappa shape index (κ3) is 2.45. The Morgan fingerprint density at radius 1 is 1.17 bits per heavy atom. The van der Waals surface area contributed by atoms with Crippen molar-refractivity contribution in [3.05, 3.63) is 33.4 Å². The van der Waals surface area contributed by atoms with Crippen LogP contribution in [-0.4, -0.2) is 18.0 Å². The van der Waals surface area contributed by atoms with Crippen LogP contribution < -0.4 is 4.90 Å². The van der Waals surface area contributed by atoms with Gasteiger partial charge in [-0.15, -0.1) is 11.8 Å². The number of rotatable bonds is 2. The van der Waals surface area contributed by atoms with Crippen LogP contribution in [-0.2, 0) is 0 Å². The lowest BCUT2D eigenvalue weighted by atomic mass is 10.1. The van der Waals surface area contributed by atoms with Gasteiger partial charge < -0.3 is 4.90 Å². The van der Waals surface area contributed by atoms with Gasteiger partial charge in [0, 0.05) is 43.2 Å². The van der Waals surface area contributed by atoms with Crippen molar-refractivity contribution in [1.29, 1.82) is 0 Å². The standard InChI is InChI=1S/C14H16N2O2/c1-11-10-14(16(17)18)12(2)9-13(11)15-7-5-3-4-6-8-15/h9-10H,5-8H2,1-2H3. The van der Waals surface area contributed by atoms with E-state index in [0.717, 1.165) is 37.2 Å². The lowest BCUT2D eigenvalue weighted by Crippen LogP contribution is -2.25. The summed E-state index contributed by atoms with van der Waals surface area (Å²) < 4.78 is 0. The molecule has 1 heterocycles. The topological polar surface area (TPSA) is 46.4 Å². The minimum atomic E-state index is -0.322. The van der Waals surface area contributed by atoms with Crippen LogP contribution in [0.15, 0.2) is 12.1 Å². The first kappa shape index (κ1) is 12.4. The Kier molecular flexibility index (Phi) is 3.52. The SMILES string of the molecule is Cc1cc([N+](=O)[O-])c(C)cc1N1CCC#CCC1. The largest absolute Gasteiger partial charge is 0.369 e. The second kappa shape index (κ2) is 5.09. The summed E-state index contributed by atoms with van der Waals surface area (Å²) in [5.74, 6) is 6.22. The summed E-state index contributed by atoms with van der Waals surface area (Å²) in [4.78, 5) is 12.8. The normalized spacial score (nSPS) is 14.7. The molecular weight excluding hydrogens is 228 g/mol. The van der Waals surface area contributed by atoms with Gasteiger partial charge in [-0.05, 0) is 25.5 Å². The second-order valence-corrected chi connectivity index (χ2v) is 4.52. The molecule has 94 valence electrons. The molecule has 18 heavy (non-hydrogen) atoms. The van der Waals surface area contributed by atoms with Crippen LogP contribution in [0.2, 0.25) is 0 Å². The number of hydrogen-bond acceptors (Lipinski definition) is 3. The van der Waals surface area contributed by atoms with Crippen molar-refractivity contribution < 1.29 is 4.92 Å². The maximum Gasteiger partial charge on any atom is 0.272 e. The average molecular weight is 244 g/mol. The van der Waals surface area contributed by atoms with Gasteiger partial charge in [-0.1, -0.05) is 0 Å². The Labute approximate surface area is 107 Å². The number of nitro groups is 1. The van der Waals surface area contributed by atoms with Gasteiger partial charge in [0.1, 0.15) is 0 Å². The molecule has 1 aromatic rings. The molecule has 0 fully saturated rings. The second-order valence-electron chi connectivity index (χ2n) is 4.52. The zero-order valence-corrected chi connectivity index (χ0v) is 10.7. The third-order valence-electron chi connectivity index (χ3n) is 3.19. The number of nitrogens with zero attached hydrogens (tertiary/aromatic N) is 2. The smallest absolute Gasteiger partial charge is 0.272 e. The van der Waals surface area contributed by atoms with E-state index in [1.807, 2.05) is 13.0 Å². The van der Waals surface area contributed by atoms with Crippen LogP contribution in [0.25, 0.3) is 0 Å². The molecule has 0 saturated carbocycles. The van der Waals surface area contributed by atoms with Crippen LogP contribution in [0, 0.1) is 35.8 Å². The predicted molar refractivity (Wildman–Crippen MR) is 71.8 cm³/mol. The van der Waals surface area contributed by atoms with Crippen LogP contribution in [0.3, 0.4) is 0 Å². The first-order valence-corrected chi connectivity index (χ1v) is 6.06. The Morgan fingerprint density at radius 2 is 1.78 bits per heavy atom. The van der Waals surface area contributed by atoms with E-state index in [2.05, 4.69) is 16.7 Å². The molecule has 0 amide bonds. The Morgan fingerprint density at radius 3 is 2.33 bits per heavy atom. The minimum absolute atomic E-state index is 0.197. The predicted octanol–water partition coefficient (Wildman–Crippen LogP) is 2.82. The summed E-state index contributed by atoms with van der Waals surface area (Å²) in [7, 11) is 0. The molecule has 0 bridgehead atoms. The summed E-state index contributed by atoms with van der Waals surface area (Å²) in [5.41, 5.74) is 2.95. The van der Waals surface area contributed by atoms with Gasteiger partial charge in [0.15, 0.2) is 0 Å². The van der Waals surface area contributed by atoms with Crippen molar-refractivity contribution in [3.63, 3.8) is 0 Å². The first-order chi connectivity index (χ1) is 8.59. The quantitative estimate of drug-likeness (QED) is 0.456. The van der Waals surface area contributed by atoms with E-state index in [4.69, 9.17) is 0 Å². The van der Waals surface area contributed by atoms with Gasteiger partial charge in [-0.25, -0.2) is 0 Å². The van der Waals surface area contributed by atoms with Gasteiger partial charge in [0.05, 0.1) is 4.92 Å². The fourth-order valence-electron chi connectivity index (χ4n) is 2.23. The number of benzene rings is 1. The summed E-state index contributed by atoms with van der Waals surface area (Å²) in [6.07, 6.45) is 1.71. The van der Waals surface area contributed by atoms with E-state index in [9.17, 15) is 10.1 Å². The van der Waals surface area contributed by atoms with Crippen LogP contribution in [0.4, 0.5) is 11.4 Å². The van der Waals surface area contributed by atoms with Gasteiger partial charge in [0.25, 0.3) is 5.69 Å². The first-order valence-electron chi connectivity index (χ1n) is 6.06. The van der Waals surface area contributed by atoms with Crippen molar-refractivity contribution in [3.8, 4) is 11.8 Å². The Bertz CT molecular complexity index is 529. The molecule has 1 aromatic carbocycles. The summed E-state index contributed by atoms with van der Waals surface area (Å²) in [6, 6.07) is 3.58. The number of anilines is 1. The average Bonchev–Trinajstić information content (AvgIpc) is 2.60. The van der Waals surface area contributed by atoms with E-state index >= 15 is 0 Å². The monoisotopic (exact) mass is 244 g/mol. The fraction of sp³-hybridized carbons (Fsp3) is 0.429. The lowest BCUT2D eigenvalue weighted by Gasteiger charge is -2.24. The molecular formula is C14H16N2O2. The van der Waals surface area contributed by atoms with Gasteiger partial charge in [-0.3, -0.25) is 10.1 Å². The van der Waals surface area contributed by atoms with E-state index in [1.165, 1.54) is 0 Å². The molecule has 4 nitrogen and oxygen atoms in total. The zero-order chi connectivity index (χ0) is 13.1. The van der Waals surface area contributed by atoms with E-state index in [1.54, 1.807) is 13.0 Å². The number of aryl methyl sites for hydroxylation is 2. The third-order valence-corrected chi connectivity index (χ3v) is 3.19. The molecule has 0 atom stereocenters. The number of nitro benzene ring substituents is 1. The lowest BCUT2D eigenvalue weighted by molar-refractivity contribution is -0.385. The summed E-state index contributed by atoms with van der Waals surface area (Å²) in [6.45, 7) is 5.50. The highest BCUT2D eigenvalue weighted by atomic mass is 16.6. The van der Waals surface area contributed by atoms with E-state index < -0.39 is 0 Å². The molecule has 0 N–H and O–H groups in total. The van der Waals surface area contributed by atoms with Crippen molar-refractivity contribution >= 4 is 11.4 Å². The van der Waals surface area contributed by atoms with Crippen molar-refractivity contribution in [2.45, 2.75) is 26.7 Å². The van der Waals surface area contributed by atoms with Gasteiger partial charge in [-0.2, -0.15) is 0 Å². The molecule has 0 aromatic heterocycles. The number of hydrogen-bond donors (Lipinski definition) is 0. The Balaban J connectivity index is 2.34. The minimum Gasteiger partial charge on any atom is -0.369 e. The highest BCUT2D eigenvalue weighted by molar-refractivity contribution is 5.61. The molecule has 4 heteroatoms. The molecule has 0 aliphatic carbocycles. The van der Waals surface area contributed by atoms with Crippen LogP contribution >= 0.6 is 0 Å². The van der Waals surface area contributed by atoms with Crippen molar-refractivity contribution in [1.82, 2.24) is 0 Å². The molecule has 2 rings (SSSR count). The highest BCUT2D eigenvalue weighted by Gasteiger charge is 2.16. The molecule has 0 spiro atoms. The zero-order valence-electron chi connectivity index (χ0n) is 10.7. The van der Waals surface area contributed by atoms with Crippen molar-refractivity contribution in [2.24, 2.45) is 0 Å². The van der Waals surface area contributed by atoms with Crippen LogP contribution in [0.1, 0.15) is 24.0 Å². The molecule has 1 aliphatic rings. The van der Waals surface area contributed by atoms with E-state index in [0.29, 0.717) is 5.56 Å². The van der Waals surface area contributed by atoms with E-state index in [-0.39, 0.29) is 10.6 Å². The van der Waals surface area contributed by atoms with Gasteiger partial charge in [0.2, 0.25) is 0 Å². The summed E-state index contributed by atoms with van der Waals surface area (Å²) >= 11 is 0. The van der Waals surface area contributed by atoms with Crippen molar-refractivity contribution in [2.75, 3.05) is 18.0 Å². The molecule has 1 aliphatic heterocycles. The fourth-order valence-corrected chi connectivity index (χ4v) is 2.23. The molecule has 0 unspecified atom stereocenters. The Hall–Kier alpha value is -2.02.